The summed E-state index contributed by atoms with van der Waals surface area (Å²) in [5, 5.41) is 0. The van der Waals surface area contributed by atoms with Gasteiger partial charge in [0.05, 0.1) is 21.7 Å². The van der Waals surface area contributed by atoms with E-state index < -0.39 is 21.7 Å². The van der Waals surface area contributed by atoms with Crippen molar-refractivity contribution in [2.24, 2.45) is 0 Å². The maximum atomic E-state index is 2.56. The Morgan fingerprint density at radius 1 is 0.143 bits per heavy atom. The van der Waals surface area contributed by atoms with Gasteiger partial charge in [-0.25, -0.2) is 0 Å². The van der Waals surface area contributed by atoms with Crippen molar-refractivity contribution in [3.8, 4) is 66.8 Å². The van der Waals surface area contributed by atoms with E-state index in [-0.39, 0.29) is 0 Å². The van der Waals surface area contributed by atoms with E-state index in [4.69, 9.17) is 0 Å². The second-order valence-corrected chi connectivity index (χ2v) is 27.5. The van der Waals surface area contributed by atoms with Gasteiger partial charge in [0.25, 0.3) is 0 Å². The molecule has 0 atom stereocenters. The van der Waals surface area contributed by atoms with Gasteiger partial charge in [0, 0.05) is 0 Å². The monoisotopic (exact) mass is 1240 g/mol. The molecule has 0 radical (unpaired) electrons. The average Bonchev–Trinajstić information content (AvgIpc) is 1.43. The standard InChI is InChI=1S/C98H62/c1-3-27-65(28-4-1)77-61-68(56-52-64-54-58-92-94(60-64)98(85-45-21-13-37-75(85)76-38-14-22-46-86(76)98)90-50-26-24-48-88(90)96(92)81-41-17-9-33-71(81)72-34-10-18-42-82(72)96)78(66-29-5-2-6-30-66)62-67(77)55-51-63-53-57-91-93(59-63)97(83-43-19-11-35-73(83)74-36-12-20-44-84(74)97)89-49-25-23-47-87(89)95(91)79-39-15-7-31-69(79)70-32-8-16-40-80(70)95/h1-62H. The summed E-state index contributed by atoms with van der Waals surface area (Å²) in [6, 6.07) is 134. The molecule has 0 saturated heterocycles. The molecule has 0 heterocycles. The second-order valence-electron chi connectivity index (χ2n) is 27.5. The van der Waals surface area contributed by atoms with Crippen LogP contribution in [0.3, 0.4) is 0 Å². The van der Waals surface area contributed by atoms with Crippen molar-refractivity contribution in [1.82, 2.24) is 0 Å². The summed E-state index contributed by atoms with van der Waals surface area (Å²) in [5.41, 5.74) is 38.7. The first-order chi connectivity index (χ1) is 48.6. The summed E-state index contributed by atoms with van der Waals surface area (Å²) in [6.45, 7) is 0. The van der Waals surface area contributed by atoms with Crippen LogP contribution in [0, 0.1) is 0 Å². The molecule has 0 aliphatic heterocycles. The van der Waals surface area contributed by atoms with Crippen molar-refractivity contribution < 1.29 is 0 Å². The van der Waals surface area contributed by atoms with E-state index in [1.807, 2.05) is 0 Å². The third-order valence-electron chi connectivity index (χ3n) is 23.3. The molecule has 6 aliphatic carbocycles. The quantitative estimate of drug-likeness (QED) is 0.146. The van der Waals surface area contributed by atoms with Gasteiger partial charge in [-0.2, -0.15) is 0 Å². The Morgan fingerprint density at radius 2 is 0.347 bits per heavy atom. The molecule has 0 N–H and O–H groups in total. The van der Waals surface area contributed by atoms with Gasteiger partial charge in [0.1, 0.15) is 0 Å². The van der Waals surface area contributed by atoms with Crippen LogP contribution in [0.1, 0.15) is 111 Å². The van der Waals surface area contributed by atoms with Crippen molar-refractivity contribution in [3.05, 3.63) is 463 Å². The van der Waals surface area contributed by atoms with Crippen LogP contribution in [0.2, 0.25) is 0 Å². The number of hydrogen-bond donors (Lipinski definition) is 0. The van der Waals surface area contributed by atoms with Crippen LogP contribution in [-0.2, 0) is 21.7 Å². The van der Waals surface area contributed by atoms with Crippen LogP contribution < -0.4 is 0 Å². The largest absolute Gasteiger partial charge is 0.0720 e. The van der Waals surface area contributed by atoms with Crippen molar-refractivity contribution in [2.45, 2.75) is 21.7 Å². The van der Waals surface area contributed by atoms with E-state index in [1.165, 1.54) is 145 Å². The zero-order valence-electron chi connectivity index (χ0n) is 53.8. The molecule has 0 unspecified atom stereocenters. The molecule has 4 spiro atoms. The predicted molar refractivity (Wildman–Crippen MR) is 404 cm³/mol. The average molecular weight is 1240 g/mol. The highest BCUT2D eigenvalue weighted by atomic mass is 14.6. The molecule has 0 amide bonds. The van der Waals surface area contributed by atoms with Gasteiger partial charge >= 0.3 is 0 Å². The predicted octanol–water partition coefficient (Wildman–Crippen LogP) is 23.4. The van der Waals surface area contributed by atoms with E-state index in [1.54, 1.807) is 0 Å². The van der Waals surface area contributed by atoms with Gasteiger partial charge in [0.15, 0.2) is 0 Å². The molecule has 0 aromatic heterocycles. The van der Waals surface area contributed by atoms with Crippen molar-refractivity contribution in [3.63, 3.8) is 0 Å². The highest BCUT2D eigenvalue weighted by Gasteiger charge is 2.61. The SMILES string of the molecule is C(=Cc1cc(-c2ccccc2)c(C=Cc2ccc3c(c2)C2(c4ccccc4-c4ccccc42)c2ccccc2C32c3ccccc3-c3ccccc32)cc1-c1ccccc1)c1ccc2c(c1)C1(c3ccccc3-c3ccccc31)c1ccccc1C21c2ccccc2-c2ccccc21. The molecule has 15 aromatic carbocycles. The Labute approximate surface area is 572 Å². The fourth-order valence-corrected chi connectivity index (χ4v) is 19.7. The summed E-state index contributed by atoms with van der Waals surface area (Å²) in [7, 11) is 0. The first-order valence-electron chi connectivity index (χ1n) is 34.5. The van der Waals surface area contributed by atoms with Crippen molar-refractivity contribution >= 4 is 24.3 Å². The summed E-state index contributed by atoms with van der Waals surface area (Å²) in [6.07, 6.45) is 9.52. The molecular weight excluding hydrogens is 1180 g/mol. The van der Waals surface area contributed by atoms with Crippen molar-refractivity contribution in [2.75, 3.05) is 0 Å². The molecule has 0 nitrogen and oxygen atoms in total. The molecule has 0 bridgehead atoms. The maximum absolute atomic E-state index is 2.56. The van der Waals surface area contributed by atoms with Crippen LogP contribution in [0.4, 0.5) is 0 Å². The van der Waals surface area contributed by atoms with Gasteiger partial charge in [-0.1, -0.05) is 352 Å². The van der Waals surface area contributed by atoms with Gasteiger partial charge in [0.2, 0.25) is 0 Å². The zero-order chi connectivity index (χ0) is 64.3. The first-order valence-corrected chi connectivity index (χ1v) is 34.5. The third kappa shape index (κ3) is 7.03. The molecule has 454 valence electrons. The maximum Gasteiger partial charge on any atom is 0.0720 e. The Balaban J connectivity index is 0.764. The van der Waals surface area contributed by atoms with E-state index in [0.29, 0.717) is 0 Å². The number of fused-ring (bicyclic) bond motifs is 32. The second kappa shape index (κ2) is 20.6. The Kier molecular flexibility index (Phi) is 11.6. The highest BCUT2D eigenvalue weighted by molar-refractivity contribution is 5.98. The number of rotatable bonds is 6. The van der Waals surface area contributed by atoms with Crippen LogP contribution in [0.15, 0.2) is 352 Å². The highest BCUT2D eigenvalue weighted by Crippen LogP contribution is 2.70. The lowest BCUT2D eigenvalue weighted by molar-refractivity contribution is 0.632. The van der Waals surface area contributed by atoms with Gasteiger partial charge < -0.3 is 0 Å². The first kappa shape index (κ1) is 55.1. The van der Waals surface area contributed by atoms with E-state index in [9.17, 15) is 0 Å². The molecule has 98 heavy (non-hydrogen) atoms. The van der Waals surface area contributed by atoms with Gasteiger partial charge in [-0.05, 0) is 202 Å². The molecule has 0 heteroatoms. The van der Waals surface area contributed by atoms with Gasteiger partial charge in [-0.3, -0.25) is 0 Å². The Hall–Kier alpha value is -12.2. The lowest BCUT2D eigenvalue weighted by atomic mass is 9.52. The summed E-state index contributed by atoms with van der Waals surface area (Å²) < 4.78 is 0. The molecule has 21 rings (SSSR count). The van der Waals surface area contributed by atoms with E-state index in [2.05, 4.69) is 376 Å². The van der Waals surface area contributed by atoms with Crippen LogP contribution >= 0.6 is 0 Å². The van der Waals surface area contributed by atoms with E-state index in [0.717, 1.165) is 33.4 Å². The molecular formula is C98H62. The van der Waals surface area contributed by atoms with Gasteiger partial charge in [-0.15, -0.1) is 0 Å². The molecule has 0 fully saturated rings. The minimum atomic E-state index is -0.589. The molecule has 6 aliphatic rings. The number of benzene rings is 15. The lowest BCUT2D eigenvalue weighted by Crippen LogP contribution is -2.43. The summed E-state index contributed by atoms with van der Waals surface area (Å²) in [5.74, 6) is 0. The molecule has 15 aromatic rings. The Bertz CT molecular complexity index is 5400. The number of hydrogen-bond acceptors (Lipinski definition) is 0. The lowest BCUT2D eigenvalue weighted by Gasteiger charge is -2.49. The normalized spacial score (nSPS) is 15.2. The van der Waals surface area contributed by atoms with Crippen LogP contribution in [-0.4, -0.2) is 0 Å². The Morgan fingerprint density at radius 3 is 0.602 bits per heavy atom. The van der Waals surface area contributed by atoms with E-state index >= 15 is 0 Å². The molecule has 0 saturated carbocycles. The summed E-state index contributed by atoms with van der Waals surface area (Å²) >= 11 is 0. The zero-order valence-corrected chi connectivity index (χ0v) is 53.8. The minimum Gasteiger partial charge on any atom is -0.0622 e. The fraction of sp³-hybridized carbons (Fsp3) is 0.0408. The fourth-order valence-electron chi connectivity index (χ4n) is 19.7. The van der Waals surface area contributed by atoms with Crippen molar-refractivity contribution in [1.29, 1.82) is 0 Å². The third-order valence-corrected chi connectivity index (χ3v) is 23.3. The minimum absolute atomic E-state index is 0.552. The van der Waals surface area contributed by atoms with Crippen LogP contribution in [0.25, 0.3) is 91.1 Å². The van der Waals surface area contributed by atoms with Crippen LogP contribution in [0.5, 0.6) is 0 Å². The smallest absolute Gasteiger partial charge is 0.0622 e. The summed E-state index contributed by atoms with van der Waals surface area (Å²) in [4.78, 5) is 0. The topological polar surface area (TPSA) is 0 Å².